The molecule has 0 fully saturated rings. The van der Waals surface area contributed by atoms with E-state index < -0.39 is 11.5 Å². The fourth-order valence-electron chi connectivity index (χ4n) is 2.10. The summed E-state index contributed by atoms with van der Waals surface area (Å²) in [5, 5.41) is 3.88. The van der Waals surface area contributed by atoms with Crippen LogP contribution in [0.4, 0.5) is 5.69 Å². The summed E-state index contributed by atoms with van der Waals surface area (Å²) < 4.78 is 6.63. The Morgan fingerprint density at radius 3 is 2.58 bits per heavy atom. The molecule has 1 heterocycles. The van der Waals surface area contributed by atoms with Gasteiger partial charge in [-0.05, 0) is 52.3 Å². The second-order valence-electron chi connectivity index (χ2n) is 4.83. The number of carbonyl (C=O) groups is 1. The van der Waals surface area contributed by atoms with Gasteiger partial charge in [0, 0.05) is 14.9 Å². The molecule has 0 aliphatic rings. The minimum absolute atomic E-state index is 0.136. The number of amides is 1. The van der Waals surface area contributed by atoms with Crippen LogP contribution in [0.3, 0.4) is 0 Å². The smallest absolute Gasteiger partial charge is 0.349 e. The molecule has 1 N–H and O–H groups in total. The van der Waals surface area contributed by atoms with Crippen LogP contribution in [0.2, 0.25) is 10.0 Å². The minimum Gasteiger partial charge on any atom is -0.421 e. The molecule has 8 heteroatoms. The van der Waals surface area contributed by atoms with Crippen LogP contribution in [0.1, 0.15) is 10.4 Å². The molecule has 0 spiro atoms. The summed E-state index contributed by atoms with van der Waals surface area (Å²) in [5.74, 6) is -0.633. The Hall–Kier alpha value is -1.34. The average molecular weight is 492 g/mol. The highest BCUT2D eigenvalue weighted by Crippen LogP contribution is 2.29. The Bertz CT molecular complexity index is 1030. The van der Waals surface area contributed by atoms with E-state index in [-0.39, 0.29) is 5.56 Å². The number of halogens is 4. The molecule has 24 heavy (non-hydrogen) atoms. The monoisotopic (exact) mass is 489 g/mol. The van der Waals surface area contributed by atoms with Gasteiger partial charge >= 0.3 is 5.63 Å². The highest BCUT2D eigenvalue weighted by Gasteiger charge is 2.16. The molecule has 1 amide bonds. The largest absolute Gasteiger partial charge is 0.421 e. The number of hydrogen-bond donors (Lipinski definition) is 1. The van der Waals surface area contributed by atoms with Crippen molar-refractivity contribution in [3.63, 3.8) is 0 Å². The Kier molecular flexibility index (Phi) is 5.01. The zero-order valence-corrected chi connectivity index (χ0v) is 16.4. The van der Waals surface area contributed by atoms with Crippen LogP contribution in [0.5, 0.6) is 0 Å². The number of hydrogen-bond acceptors (Lipinski definition) is 3. The maximum atomic E-state index is 12.4. The first-order chi connectivity index (χ1) is 11.3. The van der Waals surface area contributed by atoms with Crippen molar-refractivity contribution in [2.24, 2.45) is 0 Å². The molecular formula is C16H7Br2Cl2NO3. The Balaban J connectivity index is 2.05. The molecule has 0 bridgehead atoms. The lowest BCUT2D eigenvalue weighted by Crippen LogP contribution is -2.20. The van der Waals surface area contributed by atoms with Gasteiger partial charge in [0.15, 0.2) is 5.58 Å². The van der Waals surface area contributed by atoms with E-state index in [9.17, 15) is 9.59 Å². The molecule has 0 saturated carbocycles. The SMILES string of the molecule is O=C(Nc1cc(Cl)ccc1Cl)c1cc2cc(Br)cc(Br)c2oc1=O. The molecule has 1 aromatic heterocycles. The molecule has 0 aliphatic heterocycles. The molecule has 3 rings (SSSR count). The van der Waals surface area contributed by atoms with Crippen LogP contribution in [0, 0.1) is 0 Å². The fourth-order valence-corrected chi connectivity index (χ4v) is 3.77. The van der Waals surface area contributed by atoms with Crippen molar-refractivity contribution in [1.29, 1.82) is 0 Å². The number of carbonyl (C=O) groups excluding carboxylic acids is 1. The van der Waals surface area contributed by atoms with E-state index in [1.54, 1.807) is 24.3 Å². The number of benzene rings is 2. The highest BCUT2D eigenvalue weighted by atomic mass is 79.9. The first-order valence-corrected chi connectivity index (χ1v) is 8.88. The highest BCUT2D eigenvalue weighted by molar-refractivity contribution is 9.11. The van der Waals surface area contributed by atoms with Gasteiger partial charge in [-0.3, -0.25) is 4.79 Å². The summed E-state index contributed by atoms with van der Waals surface area (Å²) in [5.41, 5.74) is -0.214. The van der Waals surface area contributed by atoms with Gasteiger partial charge in [0.1, 0.15) is 5.56 Å². The second-order valence-corrected chi connectivity index (χ2v) is 7.45. The quantitative estimate of drug-likeness (QED) is 0.456. The summed E-state index contributed by atoms with van der Waals surface area (Å²) in [4.78, 5) is 24.6. The van der Waals surface area contributed by atoms with Crippen molar-refractivity contribution in [2.45, 2.75) is 0 Å². The number of anilines is 1. The van der Waals surface area contributed by atoms with Gasteiger partial charge in [0.2, 0.25) is 0 Å². The van der Waals surface area contributed by atoms with E-state index in [0.29, 0.717) is 31.2 Å². The van der Waals surface area contributed by atoms with Crippen molar-refractivity contribution in [1.82, 2.24) is 0 Å². The predicted molar refractivity (Wildman–Crippen MR) is 102 cm³/mol. The maximum Gasteiger partial charge on any atom is 0.349 e. The number of fused-ring (bicyclic) bond motifs is 1. The number of nitrogens with one attached hydrogen (secondary N) is 1. The van der Waals surface area contributed by atoms with E-state index in [1.165, 1.54) is 12.1 Å². The van der Waals surface area contributed by atoms with E-state index in [0.717, 1.165) is 4.47 Å². The van der Waals surface area contributed by atoms with E-state index in [2.05, 4.69) is 37.2 Å². The summed E-state index contributed by atoms with van der Waals surface area (Å²) in [6, 6.07) is 9.60. The molecule has 0 aliphatic carbocycles. The Morgan fingerprint density at radius 2 is 1.83 bits per heavy atom. The van der Waals surface area contributed by atoms with Crippen LogP contribution in [0.25, 0.3) is 11.0 Å². The lowest BCUT2D eigenvalue weighted by atomic mass is 10.1. The first-order valence-electron chi connectivity index (χ1n) is 6.54. The maximum absolute atomic E-state index is 12.4. The van der Waals surface area contributed by atoms with Crippen molar-refractivity contribution >= 4 is 77.6 Å². The zero-order valence-electron chi connectivity index (χ0n) is 11.7. The third-order valence-corrected chi connectivity index (χ3v) is 4.78. The first kappa shape index (κ1) is 17.5. The third-order valence-electron chi connectivity index (χ3n) is 3.17. The van der Waals surface area contributed by atoms with Crippen molar-refractivity contribution in [2.75, 3.05) is 5.32 Å². The van der Waals surface area contributed by atoms with Gasteiger partial charge < -0.3 is 9.73 Å². The lowest BCUT2D eigenvalue weighted by Gasteiger charge is -2.08. The van der Waals surface area contributed by atoms with Crippen LogP contribution < -0.4 is 10.9 Å². The lowest BCUT2D eigenvalue weighted by molar-refractivity contribution is 0.102. The molecule has 0 radical (unpaired) electrons. The number of rotatable bonds is 2. The Morgan fingerprint density at radius 1 is 1.08 bits per heavy atom. The normalized spacial score (nSPS) is 10.8. The van der Waals surface area contributed by atoms with Crippen molar-refractivity contribution in [3.8, 4) is 0 Å². The summed E-state index contributed by atoms with van der Waals surface area (Å²) >= 11 is 18.6. The molecular weight excluding hydrogens is 485 g/mol. The van der Waals surface area contributed by atoms with Crippen LogP contribution in [0.15, 0.2) is 54.6 Å². The average Bonchev–Trinajstić information content (AvgIpc) is 2.51. The van der Waals surface area contributed by atoms with E-state index >= 15 is 0 Å². The molecule has 3 aromatic rings. The van der Waals surface area contributed by atoms with E-state index in [1.807, 2.05) is 0 Å². The summed E-state index contributed by atoms with van der Waals surface area (Å²) in [6.07, 6.45) is 0. The molecule has 122 valence electrons. The second kappa shape index (κ2) is 6.88. The molecule has 4 nitrogen and oxygen atoms in total. The zero-order chi connectivity index (χ0) is 17.4. The third kappa shape index (κ3) is 3.52. The van der Waals surface area contributed by atoms with Gasteiger partial charge in [0.05, 0.1) is 15.2 Å². The molecule has 0 saturated heterocycles. The Labute approximate surface area is 163 Å². The summed E-state index contributed by atoms with van der Waals surface area (Å²) in [6.45, 7) is 0. The van der Waals surface area contributed by atoms with Crippen molar-refractivity contribution in [3.05, 3.63) is 71.4 Å². The minimum atomic E-state index is -0.749. The van der Waals surface area contributed by atoms with Crippen molar-refractivity contribution < 1.29 is 9.21 Å². The van der Waals surface area contributed by atoms with Gasteiger partial charge in [0.25, 0.3) is 5.91 Å². The standard InChI is InChI=1S/C16H7Br2Cl2NO3/c17-8-3-7-4-10(16(23)24-14(7)11(18)5-8)15(22)21-13-6-9(19)1-2-12(13)20/h1-6H,(H,21,22). The van der Waals surface area contributed by atoms with Gasteiger partial charge in [-0.15, -0.1) is 0 Å². The van der Waals surface area contributed by atoms with Crippen LogP contribution in [-0.2, 0) is 0 Å². The van der Waals surface area contributed by atoms with Gasteiger partial charge in [-0.1, -0.05) is 39.1 Å². The fraction of sp³-hybridized carbons (Fsp3) is 0. The van der Waals surface area contributed by atoms with E-state index in [4.69, 9.17) is 27.6 Å². The molecule has 0 unspecified atom stereocenters. The predicted octanol–water partition coefficient (Wildman–Crippen LogP) is 5.88. The van der Waals surface area contributed by atoms with Crippen LogP contribution in [-0.4, -0.2) is 5.91 Å². The van der Waals surface area contributed by atoms with Crippen LogP contribution >= 0.6 is 55.1 Å². The van der Waals surface area contributed by atoms with Gasteiger partial charge in [-0.25, -0.2) is 4.79 Å². The summed E-state index contributed by atoms with van der Waals surface area (Å²) in [7, 11) is 0. The topological polar surface area (TPSA) is 59.3 Å². The molecule has 0 atom stereocenters. The van der Waals surface area contributed by atoms with Gasteiger partial charge in [-0.2, -0.15) is 0 Å². The molecule has 2 aromatic carbocycles.